The molecule has 0 aromatic carbocycles. The van der Waals surface area contributed by atoms with Crippen LogP contribution in [0.3, 0.4) is 0 Å². The first-order valence-corrected chi connectivity index (χ1v) is 10.2. The molecule has 2 aromatic heterocycles. The van der Waals surface area contributed by atoms with E-state index in [2.05, 4.69) is 37.0 Å². The molecule has 0 saturated carbocycles. The number of hydrogen-bond acceptors (Lipinski definition) is 6. The Morgan fingerprint density at radius 2 is 1.03 bits per heavy atom. The van der Waals surface area contributed by atoms with Crippen LogP contribution in [0, 0.1) is 0 Å². The lowest BCUT2D eigenvalue weighted by molar-refractivity contribution is -0.116. The summed E-state index contributed by atoms with van der Waals surface area (Å²) in [6.07, 6.45) is 3.52. The molecule has 4 N–H and O–H groups in total. The Morgan fingerprint density at radius 3 is 1.39 bits per heavy atom. The predicted molar refractivity (Wildman–Crippen MR) is 123 cm³/mol. The molecule has 0 atom stereocenters. The summed E-state index contributed by atoms with van der Waals surface area (Å²) in [6, 6.07) is 9.66. The second kappa shape index (κ2) is 10.7. The number of carbonyl (C=O) groups is 4. The molecule has 0 saturated heterocycles. The number of amides is 4. The van der Waals surface area contributed by atoms with Crippen molar-refractivity contribution in [2.75, 3.05) is 21.3 Å². The highest BCUT2D eigenvalue weighted by Gasteiger charge is 2.16. The lowest BCUT2D eigenvalue weighted by atomic mass is 10.3. The number of pyridine rings is 2. The van der Waals surface area contributed by atoms with Crippen LogP contribution < -0.4 is 21.3 Å². The van der Waals surface area contributed by atoms with Crippen LogP contribution in [-0.4, -0.2) is 33.6 Å². The van der Waals surface area contributed by atoms with E-state index in [-0.39, 0.29) is 34.6 Å². The Bertz CT molecular complexity index is 1120. The van der Waals surface area contributed by atoms with E-state index in [1.54, 1.807) is 50.2 Å². The van der Waals surface area contributed by atoms with Crippen LogP contribution in [0.5, 0.6) is 0 Å². The Kier molecular flexibility index (Phi) is 7.46. The van der Waals surface area contributed by atoms with Gasteiger partial charge in [-0.05, 0) is 36.4 Å². The Balaban J connectivity index is 1.67. The lowest BCUT2D eigenvalue weighted by Crippen LogP contribution is -2.16. The summed E-state index contributed by atoms with van der Waals surface area (Å²) in [7, 11) is 0. The Morgan fingerprint density at radius 1 is 0.667 bits per heavy atom. The summed E-state index contributed by atoms with van der Waals surface area (Å²) in [5.41, 5.74) is 3.03. The molecule has 10 nitrogen and oxygen atoms in total. The van der Waals surface area contributed by atoms with Crippen molar-refractivity contribution < 1.29 is 19.2 Å². The van der Waals surface area contributed by atoms with Gasteiger partial charge in [-0.25, -0.2) is 9.97 Å². The SMILES string of the molecule is CCC(=O)Nc1cccc(NC(=O)C2=C=C(C(=O)Nc3cccc(NC(=O)CC)n3)C=C2)n1. The first-order chi connectivity index (χ1) is 15.9. The maximum atomic E-state index is 12.5. The number of aromatic nitrogens is 2. The van der Waals surface area contributed by atoms with Crippen molar-refractivity contribution in [1.82, 2.24) is 9.97 Å². The van der Waals surface area contributed by atoms with Gasteiger partial charge in [0.2, 0.25) is 11.8 Å². The quantitative estimate of drug-likeness (QED) is 0.459. The van der Waals surface area contributed by atoms with Gasteiger partial charge < -0.3 is 21.3 Å². The molecular weight excluding hydrogens is 424 g/mol. The van der Waals surface area contributed by atoms with Crippen LogP contribution in [0.4, 0.5) is 23.3 Å². The zero-order valence-corrected chi connectivity index (χ0v) is 18.1. The highest BCUT2D eigenvalue weighted by atomic mass is 16.2. The van der Waals surface area contributed by atoms with Gasteiger partial charge in [0.1, 0.15) is 23.3 Å². The van der Waals surface area contributed by atoms with Crippen molar-refractivity contribution >= 4 is 46.9 Å². The van der Waals surface area contributed by atoms with Gasteiger partial charge in [0.25, 0.3) is 11.8 Å². The van der Waals surface area contributed by atoms with Crippen molar-refractivity contribution in [1.29, 1.82) is 0 Å². The summed E-state index contributed by atoms with van der Waals surface area (Å²) in [5, 5.41) is 10.4. The van der Waals surface area contributed by atoms with Crippen LogP contribution in [0.1, 0.15) is 26.7 Å². The van der Waals surface area contributed by atoms with Crippen LogP contribution in [0.25, 0.3) is 0 Å². The second-order valence-electron chi connectivity index (χ2n) is 6.81. The average Bonchev–Trinajstić information content (AvgIpc) is 3.30. The van der Waals surface area contributed by atoms with Crippen LogP contribution in [0.2, 0.25) is 0 Å². The molecule has 0 aliphatic heterocycles. The van der Waals surface area contributed by atoms with Crippen molar-refractivity contribution in [2.24, 2.45) is 0 Å². The number of anilines is 4. The lowest BCUT2D eigenvalue weighted by Gasteiger charge is -2.06. The summed E-state index contributed by atoms with van der Waals surface area (Å²) < 4.78 is 0. The third kappa shape index (κ3) is 6.46. The molecule has 2 heterocycles. The minimum Gasteiger partial charge on any atom is -0.311 e. The van der Waals surface area contributed by atoms with E-state index >= 15 is 0 Å². The van der Waals surface area contributed by atoms with E-state index in [1.807, 2.05) is 0 Å². The van der Waals surface area contributed by atoms with E-state index in [1.165, 1.54) is 12.2 Å². The molecule has 1 aliphatic rings. The molecule has 0 radical (unpaired) electrons. The van der Waals surface area contributed by atoms with Gasteiger partial charge in [-0.1, -0.05) is 31.7 Å². The van der Waals surface area contributed by atoms with Gasteiger partial charge in [-0.15, -0.1) is 0 Å². The molecule has 4 amide bonds. The molecular formula is C23H22N6O4. The zero-order valence-electron chi connectivity index (χ0n) is 18.1. The fraction of sp³-hybridized carbons (Fsp3) is 0.174. The third-order valence-corrected chi connectivity index (χ3v) is 4.33. The maximum absolute atomic E-state index is 12.5. The molecule has 2 aromatic rings. The highest BCUT2D eigenvalue weighted by Crippen LogP contribution is 2.16. The molecule has 0 unspecified atom stereocenters. The number of hydrogen-bond donors (Lipinski definition) is 4. The highest BCUT2D eigenvalue weighted by molar-refractivity contribution is 6.11. The normalized spacial score (nSPS) is 11.8. The molecule has 0 fully saturated rings. The predicted octanol–water partition coefficient (Wildman–Crippen LogP) is 2.77. The minimum absolute atomic E-state index is 0.141. The van der Waals surface area contributed by atoms with Crippen LogP contribution >= 0.6 is 0 Å². The summed E-state index contributed by atoms with van der Waals surface area (Å²) in [6.45, 7) is 3.44. The maximum Gasteiger partial charge on any atom is 0.264 e. The van der Waals surface area contributed by atoms with E-state index < -0.39 is 11.8 Å². The molecule has 3 rings (SSSR count). The van der Waals surface area contributed by atoms with Crippen molar-refractivity contribution in [3.05, 3.63) is 65.4 Å². The third-order valence-electron chi connectivity index (χ3n) is 4.33. The second-order valence-corrected chi connectivity index (χ2v) is 6.81. The summed E-state index contributed by atoms with van der Waals surface area (Å²) in [4.78, 5) is 56.4. The van der Waals surface area contributed by atoms with Crippen molar-refractivity contribution in [2.45, 2.75) is 26.7 Å². The molecule has 33 heavy (non-hydrogen) atoms. The Labute approximate surface area is 189 Å². The van der Waals surface area contributed by atoms with Gasteiger partial charge in [0.15, 0.2) is 0 Å². The van der Waals surface area contributed by atoms with Gasteiger partial charge in [0, 0.05) is 12.8 Å². The minimum atomic E-state index is -0.511. The average molecular weight is 446 g/mol. The molecule has 168 valence electrons. The number of rotatable bonds is 8. The van der Waals surface area contributed by atoms with E-state index in [9.17, 15) is 19.2 Å². The molecule has 10 heteroatoms. The Hall–Kier alpha value is -4.56. The fourth-order valence-corrected chi connectivity index (χ4v) is 2.64. The first-order valence-electron chi connectivity index (χ1n) is 10.2. The topological polar surface area (TPSA) is 142 Å². The van der Waals surface area contributed by atoms with Gasteiger partial charge in [-0.3, -0.25) is 19.2 Å². The van der Waals surface area contributed by atoms with Crippen molar-refractivity contribution in [3.8, 4) is 0 Å². The first kappa shape index (κ1) is 23.1. The number of carbonyl (C=O) groups excluding carboxylic acids is 4. The fourth-order valence-electron chi connectivity index (χ4n) is 2.64. The summed E-state index contributed by atoms with van der Waals surface area (Å²) >= 11 is 0. The largest absolute Gasteiger partial charge is 0.311 e. The number of nitrogens with one attached hydrogen (secondary N) is 4. The van der Waals surface area contributed by atoms with Gasteiger partial charge in [0.05, 0.1) is 11.1 Å². The smallest absolute Gasteiger partial charge is 0.264 e. The molecule has 1 aliphatic carbocycles. The van der Waals surface area contributed by atoms with Crippen LogP contribution in [0.15, 0.2) is 65.4 Å². The molecule has 0 spiro atoms. The van der Waals surface area contributed by atoms with E-state index in [0.717, 1.165) is 0 Å². The van der Waals surface area contributed by atoms with Gasteiger partial charge in [-0.2, -0.15) is 0 Å². The van der Waals surface area contributed by atoms with E-state index in [0.29, 0.717) is 24.5 Å². The standard InChI is InChI=1S/C23H22N6O4/c1-3-20(30)26-16-7-5-9-18(24-16)28-22(32)14-11-12-15(13-14)23(33)29-19-10-6-8-17(25-19)27-21(31)4-2/h5-12H,3-4H2,1-2H3,(H2,24,26,28,30,32)(H2,25,27,29,31,33). The number of nitrogens with zero attached hydrogens (tertiary/aromatic N) is 2. The molecule has 0 bridgehead atoms. The summed E-state index contributed by atoms with van der Waals surface area (Å²) in [5.74, 6) is -0.301. The van der Waals surface area contributed by atoms with Crippen molar-refractivity contribution in [3.63, 3.8) is 0 Å². The van der Waals surface area contributed by atoms with Gasteiger partial charge >= 0.3 is 0 Å². The monoisotopic (exact) mass is 446 g/mol. The zero-order chi connectivity index (χ0) is 23.8. The van der Waals surface area contributed by atoms with E-state index in [4.69, 9.17) is 0 Å². The van der Waals surface area contributed by atoms with Crippen LogP contribution in [-0.2, 0) is 19.2 Å².